The number of carbonyl (C=O) groups excluding carboxylic acids is 3. The fourth-order valence-electron chi connectivity index (χ4n) is 2.13. The average molecular weight is 317 g/mol. The van der Waals surface area contributed by atoms with E-state index in [4.69, 9.17) is 9.47 Å². The van der Waals surface area contributed by atoms with Crippen molar-refractivity contribution in [3.8, 4) is 0 Å². The van der Waals surface area contributed by atoms with E-state index in [9.17, 15) is 19.5 Å². The predicted octanol–water partition coefficient (Wildman–Crippen LogP) is 0.927. The quantitative estimate of drug-likeness (QED) is 0.581. The number of rotatable bonds is 10. The highest BCUT2D eigenvalue weighted by Crippen LogP contribution is 2.16. The Balaban J connectivity index is 5.19. The van der Waals surface area contributed by atoms with E-state index in [1.54, 1.807) is 0 Å². The van der Waals surface area contributed by atoms with Crippen LogP contribution in [0, 0.1) is 0 Å². The minimum atomic E-state index is -0.924. The third-order valence-corrected chi connectivity index (χ3v) is 2.98. The molecule has 128 valence electrons. The second kappa shape index (κ2) is 11.0. The number of nitrogens with one attached hydrogen (secondary N) is 1. The number of amides is 1. The first-order valence-corrected chi connectivity index (χ1v) is 7.60. The van der Waals surface area contributed by atoms with Gasteiger partial charge in [0.05, 0.1) is 12.6 Å². The van der Waals surface area contributed by atoms with E-state index in [1.807, 2.05) is 13.8 Å². The van der Waals surface area contributed by atoms with Crippen molar-refractivity contribution in [2.24, 2.45) is 0 Å². The highest BCUT2D eigenvalue weighted by Gasteiger charge is 2.34. The smallest absolute Gasteiger partial charge is 0.303 e. The van der Waals surface area contributed by atoms with Crippen LogP contribution in [0.1, 0.15) is 53.4 Å². The molecule has 1 amide bonds. The van der Waals surface area contributed by atoms with Crippen LogP contribution in [-0.4, -0.2) is 47.8 Å². The van der Waals surface area contributed by atoms with Crippen LogP contribution in [0.25, 0.3) is 0 Å². The highest BCUT2D eigenvalue weighted by molar-refractivity contribution is 5.76. The predicted molar refractivity (Wildman–Crippen MR) is 79.9 cm³/mol. The molecule has 0 aliphatic rings. The van der Waals surface area contributed by atoms with Crippen molar-refractivity contribution in [2.45, 2.75) is 71.6 Å². The molecular formula is C15H27NO6. The Hall–Kier alpha value is -1.63. The lowest BCUT2D eigenvalue weighted by molar-refractivity contribution is -0.170. The molecule has 0 aliphatic carbocycles. The largest absolute Gasteiger partial charge is 0.459 e. The Bertz CT molecular complexity index is 371. The topological polar surface area (TPSA) is 102 Å². The molecule has 0 spiro atoms. The van der Waals surface area contributed by atoms with Crippen molar-refractivity contribution in [1.29, 1.82) is 0 Å². The van der Waals surface area contributed by atoms with Crippen LogP contribution in [0.2, 0.25) is 0 Å². The SMILES string of the molecule is CCCC(=O)N[C@@H](CO)[C@H](OC(C)=O)[C@@H](CCC)OC(C)=O. The van der Waals surface area contributed by atoms with Gasteiger partial charge in [-0.2, -0.15) is 0 Å². The molecule has 22 heavy (non-hydrogen) atoms. The van der Waals surface area contributed by atoms with Crippen molar-refractivity contribution in [1.82, 2.24) is 5.32 Å². The molecule has 7 nitrogen and oxygen atoms in total. The van der Waals surface area contributed by atoms with Crippen molar-refractivity contribution in [3.63, 3.8) is 0 Å². The van der Waals surface area contributed by atoms with E-state index < -0.39 is 36.8 Å². The monoisotopic (exact) mass is 317 g/mol. The summed E-state index contributed by atoms with van der Waals surface area (Å²) >= 11 is 0. The van der Waals surface area contributed by atoms with E-state index in [2.05, 4.69) is 5.32 Å². The zero-order valence-corrected chi connectivity index (χ0v) is 13.8. The molecule has 0 aliphatic heterocycles. The molecule has 3 atom stereocenters. The van der Waals surface area contributed by atoms with Crippen molar-refractivity contribution >= 4 is 17.8 Å². The Morgan fingerprint density at radius 3 is 2.05 bits per heavy atom. The van der Waals surface area contributed by atoms with Crippen molar-refractivity contribution in [3.05, 3.63) is 0 Å². The molecule has 0 saturated heterocycles. The third-order valence-electron chi connectivity index (χ3n) is 2.98. The Labute approximate surface area is 131 Å². The van der Waals surface area contributed by atoms with E-state index in [0.717, 1.165) is 0 Å². The highest BCUT2D eigenvalue weighted by atomic mass is 16.6. The van der Waals surface area contributed by atoms with Gasteiger partial charge in [0.2, 0.25) is 5.91 Å². The lowest BCUT2D eigenvalue weighted by Gasteiger charge is -2.32. The van der Waals surface area contributed by atoms with E-state index >= 15 is 0 Å². The molecular weight excluding hydrogens is 290 g/mol. The summed E-state index contributed by atoms with van der Waals surface area (Å²) in [4.78, 5) is 34.3. The van der Waals surface area contributed by atoms with Crippen LogP contribution < -0.4 is 5.32 Å². The molecule has 2 N–H and O–H groups in total. The lowest BCUT2D eigenvalue weighted by Crippen LogP contribution is -2.53. The summed E-state index contributed by atoms with van der Waals surface area (Å²) in [6.45, 7) is 5.82. The first-order valence-electron chi connectivity index (χ1n) is 7.60. The standard InChI is InChI=1S/C15H27NO6/c1-5-7-13(21-10(3)18)15(22-11(4)19)12(9-17)16-14(20)8-6-2/h12-13,15,17H,5-9H2,1-4H3,(H,16,20)/t12-,13+,15-/m0/s1. The van der Waals surface area contributed by atoms with Gasteiger partial charge in [-0.1, -0.05) is 20.3 Å². The summed E-state index contributed by atoms with van der Waals surface area (Å²) in [6.07, 6.45) is 0.464. The zero-order valence-electron chi connectivity index (χ0n) is 13.8. The Morgan fingerprint density at radius 2 is 1.64 bits per heavy atom. The molecule has 0 bridgehead atoms. The number of carbonyl (C=O) groups is 3. The van der Waals surface area contributed by atoms with Crippen molar-refractivity contribution < 1.29 is 29.0 Å². The summed E-state index contributed by atoms with van der Waals surface area (Å²) in [5, 5.41) is 12.2. The van der Waals surface area contributed by atoms with E-state index in [-0.39, 0.29) is 5.91 Å². The molecule has 0 aromatic rings. The summed E-state index contributed by atoms with van der Waals surface area (Å²) in [5.74, 6) is -1.33. The van der Waals surface area contributed by atoms with Gasteiger partial charge < -0.3 is 19.9 Å². The van der Waals surface area contributed by atoms with Crippen LogP contribution in [0.15, 0.2) is 0 Å². The maximum Gasteiger partial charge on any atom is 0.303 e. The van der Waals surface area contributed by atoms with Crippen LogP contribution in [0.4, 0.5) is 0 Å². The van der Waals surface area contributed by atoms with Crippen LogP contribution in [0.3, 0.4) is 0 Å². The molecule has 0 aromatic carbocycles. The minimum absolute atomic E-state index is 0.253. The number of hydrogen-bond donors (Lipinski definition) is 2. The summed E-state index contributed by atoms with van der Waals surface area (Å²) in [5.41, 5.74) is 0. The van der Waals surface area contributed by atoms with E-state index in [1.165, 1.54) is 13.8 Å². The molecule has 0 saturated carbocycles. The molecule has 0 radical (unpaired) electrons. The Kier molecular flexibility index (Phi) is 10.2. The number of aliphatic hydroxyl groups is 1. The molecule has 7 heteroatoms. The Morgan fingerprint density at radius 1 is 1.05 bits per heavy atom. The third kappa shape index (κ3) is 7.97. The van der Waals surface area contributed by atoms with Gasteiger partial charge in [-0.25, -0.2) is 0 Å². The number of esters is 2. The van der Waals surface area contributed by atoms with Gasteiger partial charge in [0.1, 0.15) is 6.10 Å². The van der Waals surface area contributed by atoms with Crippen LogP contribution >= 0.6 is 0 Å². The zero-order chi connectivity index (χ0) is 17.1. The number of hydrogen-bond acceptors (Lipinski definition) is 6. The molecule has 0 fully saturated rings. The summed E-state index contributed by atoms with van der Waals surface area (Å²) < 4.78 is 10.4. The van der Waals surface area contributed by atoms with Crippen molar-refractivity contribution in [2.75, 3.05) is 6.61 Å². The van der Waals surface area contributed by atoms with Crippen LogP contribution in [-0.2, 0) is 23.9 Å². The number of ether oxygens (including phenoxy) is 2. The van der Waals surface area contributed by atoms with Gasteiger partial charge >= 0.3 is 11.9 Å². The maximum atomic E-state index is 11.7. The fourth-order valence-corrected chi connectivity index (χ4v) is 2.13. The second-order valence-electron chi connectivity index (χ2n) is 5.12. The maximum absolute atomic E-state index is 11.7. The van der Waals surface area contributed by atoms with Gasteiger partial charge in [-0.3, -0.25) is 14.4 Å². The van der Waals surface area contributed by atoms with Gasteiger partial charge in [-0.15, -0.1) is 0 Å². The second-order valence-corrected chi connectivity index (χ2v) is 5.12. The fraction of sp³-hybridized carbons (Fsp3) is 0.800. The molecule has 0 heterocycles. The minimum Gasteiger partial charge on any atom is -0.459 e. The van der Waals surface area contributed by atoms with Crippen LogP contribution in [0.5, 0.6) is 0 Å². The molecule has 0 aromatic heterocycles. The summed E-state index contributed by atoms with van der Waals surface area (Å²) in [7, 11) is 0. The summed E-state index contributed by atoms with van der Waals surface area (Å²) in [6, 6.07) is -0.821. The molecule has 0 rings (SSSR count). The first kappa shape index (κ1) is 20.4. The number of aliphatic hydroxyl groups excluding tert-OH is 1. The van der Waals surface area contributed by atoms with E-state index in [0.29, 0.717) is 25.7 Å². The van der Waals surface area contributed by atoms with Gasteiger partial charge in [-0.05, 0) is 12.8 Å². The lowest BCUT2D eigenvalue weighted by atomic mass is 10.0. The first-order chi connectivity index (χ1) is 10.3. The molecule has 0 unspecified atom stereocenters. The average Bonchev–Trinajstić information content (AvgIpc) is 2.41. The van der Waals surface area contributed by atoms with Gasteiger partial charge in [0.15, 0.2) is 6.10 Å². The normalized spacial score (nSPS) is 14.6. The van der Waals surface area contributed by atoms with Gasteiger partial charge in [0.25, 0.3) is 0 Å². The van der Waals surface area contributed by atoms with Gasteiger partial charge in [0, 0.05) is 20.3 Å².